The van der Waals surface area contributed by atoms with E-state index in [0.29, 0.717) is 43.9 Å². The standard InChI is InChI=1S/C51H64N2O8/c1-3-27-53(50(56)37-19-20-37)46-34-44(52-61-47-18-10-13-31-57-47)42-32-38(16-8-11-28-54)41(17-9-12-29-55)48-43-33-40(25-26-45(43)60-51(46,49(42)48)58-30-4-2)59-39-23-21-36(22-24-39)35-14-6-5-7-15-35/h4-7,14-15,21-26,32-33,37-38,41,46-49,54-55H,2-3,8-13,16-20,27-31,34H2,1H3/t38-,41+,46-,47?,48+,49+,51+/m0/s1. The fourth-order valence-electron chi connectivity index (χ4n) is 10.3. The molecule has 61 heavy (non-hydrogen) atoms. The van der Waals surface area contributed by atoms with E-state index >= 15 is 0 Å². The molecule has 326 valence electrons. The monoisotopic (exact) mass is 832 g/mol. The average molecular weight is 833 g/mol. The van der Waals surface area contributed by atoms with Gasteiger partial charge in [-0.1, -0.05) is 79.5 Å². The Morgan fingerprint density at radius 1 is 0.934 bits per heavy atom. The van der Waals surface area contributed by atoms with E-state index in [1.807, 2.05) is 47.4 Å². The molecule has 1 amide bonds. The first-order valence-corrected chi connectivity index (χ1v) is 23.0. The summed E-state index contributed by atoms with van der Waals surface area (Å²) in [6, 6.07) is 24.1. The maximum absolute atomic E-state index is 14.5. The zero-order chi connectivity index (χ0) is 42.2. The van der Waals surface area contributed by atoms with Gasteiger partial charge in [0.15, 0.2) is 0 Å². The maximum Gasteiger partial charge on any atom is 0.239 e. The lowest BCUT2D eigenvalue weighted by Crippen LogP contribution is -2.70. The second-order valence-corrected chi connectivity index (χ2v) is 17.5. The van der Waals surface area contributed by atoms with Crippen LogP contribution in [-0.4, -0.2) is 77.8 Å². The number of carbonyl (C=O) groups is 1. The molecule has 1 saturated heterocycles. The van der Waals surface area contributed by atoms with Crippen molar-refractivity contribution in [1.82, 2.24) is 4.90 Å². The number of carbonyl (C=O) groups excluding carboxylic acids is 1. The highest BCUT2D eigenvalue weighted by Crippen LogP contribution is 2.62. The highest BCUT2D eigenvalue weighted by Gasteiger charge is 2.65. The van der Waals surface area contributed by atoms with Crippen LogP contribution in [0.4, 0.5) is 0 Å². The Kier molecular flexibility index (Phi) is 14.3. The first kappa shape index (κ1) is 43.2. The van der Waals surface area contributed by atoms with Gasteiger partial charge in [0.2, 0.25) is 18.0 Å². The van der Waals surface area contributed by atoms with Crippen LogP contribution in [0.15, 0.2) is 102 Å². The topological polar surface area (TPSA) is 119 Å². The molecule has 2 N–H and O–H groups in total. The molecule has 0 radical (unpaired) electrons. The molecule has 10 heteroatoms. The lowest BCUT2D eigenvalue weighted by molar-refractivity contribution is -0.258. The molecule has 2 heterocycles. The molecule has 3 fully saturated rings. The quantitative estimate of drug-likeness (QED) is 0.0657. The van der Waals surface area contributed by atoms with Gasteiger partial charge in [-0.15, -0.1) is 6.58 Å². The third kappa shape index (κ3) is 9.48. The summed E-state index contributed by atoms with van der Waals surface area (Å²) in [6.07, 6.45) is 14.3. The normalized spacial score (nSPS) is 27.3. The van der Waals surface area contributed by atoms with Gasteiger partial charge in [0.1, 0.15) is 23.3 Å². The Balaban J connectivity index is 1.27. The number of hydrogen-bond acceptors (Lipinski definition) is 9. The van der Waals surface area contributed by atoms with Gasteiger partial charge in [-0.05, 0) is 117 Å². The minimum Gasteiger partial charge on any atom is -0.459 e. The van der Waals surface area contributed by atoms with Crippen molar-refractivity contribution in [3.63, 3.8) is 0 Å². The second kappa shape index (κ2) is 20.1. The largest absolute Gasteiger partial charge is 0.459 e. The third-order valence-electron chi connectivity index (χ3n) is 13.3. The van der Waals surface area contributed by atoms with E-state index in [9.17, 15) is 15.0 Å². The summed E-state index contributed by atoms with van der Waals surface area (Å²) < 4.78 is 27.2. The number of hydrogen-bond donors (Lipinski definition) is 2. The smallest absolute Gasteiger partial charge is 0.239 e. The van der Waals surface area contributed by atoms with Crippen molar-refractivity contribution in [3.8, 4) is 28.4 Å². The third-order valence-corrected chi connectivity index (χ3v) is 13.3. The number of aliphatic hydroxyl groups is 2. The number of allylic oxidation sites excluding steroid dienone is 1. The van der Waals surface area contributed by atoms with E-state index < -0.39 is 18.1 Å². The van der Waals surface area contributed by atoms with E-state index in [1.165, 1.54) is 0 Å². The summed E-state index contributed by atoms with van der Waals surface area (Å²) in [5, 5.41) is 24.9. The number of unbranched alkanes of at least 4 members (excludes halogenated alkanes) is 2. The number of ether oxygens (including phenoxy) is 4. The molecular formula is C51H64N2O8. The number of oxime groups is 1. The predicted molar refractivity (Wildman–Crippen MR) is 236 cm³/mol. The molecule has 8 rings (SSSR count). The number of rotatable bonds is 20. The Labute approximate surface area is 361 Å². The molecule has 3 aromatic rings. The number of fused-ring (bicyclic) bond motifs is 2. The van der Waals surface area contributed by atoms with Crippen LogP contribution in [0.25, 0.3) is 11.1 Å². The number of nitrogens with zero attached hydrogens (tertiary/aromatic N) is 2. The van der Waals surface area contributed by atoms with Crippen molar-refractivity contribution in [2.45, 2.75) is 114 Å². The van der Waals surface area contributed by atoms with Crippen molar-refractivity contribution in [2.75, 3.05) is 33.0 Å². The summed E-state index contributed by atoms with van der Waals surface area (Å²) in [7, 11) is 0. The zero-order valence-electron chi connectivity index (χ0n) is 35.8. The molecule has 0 bridgehead atoms. The highest BCUT2D eigenvalue weighted by atomic mass is 16.8. The van der Waals surface area contributed by atoms with Crippen LogP contribution in [0.5, 0.6) is 17.2 Å². The molecule has 3 aliphatic carbocycles. The maximum atomic E-state index is 14.5. The molecule has 0 aromatic heterocycles. The molecular weight excluding hydrogens is 769 g/mol. The average Bonchev–Trinajstić information content (AvgIpc) is 4.15. The van der Waals surface area contributed by atoms with Crippen molar-refractivity contribution in [3.05, 3.63) is 103 Å². The van der Waals surface area contributed by atoms with Crippen LogP contribution < -0.4 is 9.47 Å². The van der Waals surface area contributed by atoms with Crippen LogP contribution in [0.1, 0.15) is 102 Å². The van der Waals surface area contributed by atoms with Crippen molar-refractivity contribution < 1.29 is 38.8 Å². The van der Waals surface area contributed by atoms with Gasteiger partial charge < -0.3 is 38.9 Å². The van der Waals surface area contributed by atoms with Crippen molar-refractivity contribution in [1.29, 1.82) is 0 Å². The van der Waals surface area contributed by atoms with Crippen LogP contribution >= 0.6 is 0 Å². The molecule has 0 spiro atoms. The summed E-state index contributed by atoms with van der Waals surface area (Å²) in [6.45, 7) is 7.87. The second-order valence-electron chi connectivity index (χ2n) is 17.5. The molecule has 2 aliphatic heterocycles. The number of amides is 1. The van der Waals surface area contributed by atoms with Crippen LogP contribution in [0, 0.1) is 23.7 Å². The minimum absolute atomic E-state index is 0.00569. The Morgan fingerprint density at radius 2 is 1.69 bits per heavy atom. The van der Waals surface area contributed by atoms with Crippen LogP contribution in [0.2, 0.25) is 0 Å². The van der Waals surface area contributed by atoms with Gasteiger partial charge in [-0.3, -0.25) is 4.79 Å². The summed E-state index contributed by atoms with van der Waals surface area (Å²) in [5.74, 6) is 0.770. The fourth-order valence-corrected chi connectivity index (χ4v) is 10.3. The van der Waals surface area contributed by atoms with Gasteiger partial charge in [0, 0.05) is 50.0 Å². The fraction of sp³-hybridized carbons (Fsp3) is 0.529. The number of aliphatic hydroxyl groups excluding tert-OH is 2. The lowest BCUT2D eigenvalue weighted by atomic mass is 9.55. The summed E-state index contributed by atoms with van der Waals surface area (Å²) in [5.41, 5.74) is 5.11. The Hall–Kier alpha value is -4.48. The minimum atomic E-state index is -1.27. The first-order chi connectivity index (χ1) is 30.0. The van der Waals surface area contributed by atoms with Crippen LogP contribution in [0.3, 0.4) is 0 Å². The Bertz CT molecular complexity index is 1990. The summed E-state index contributed by atoms with van der Waals surface area (Å²) in [4.78, 5) is 22.8. The van der Waals surface area contributed by atoms with E-state index in [-0.39, 0.29) is 55.3 Å². The van der Waals surface area contributed by atoms with E-state index in [0.717, 1.165) is 97.9 Å². The van der Waals surface area contributed by atoms with E-state index in [1.54, 1.807) is 6.08 Å². The van der Waals surface area contributed by atoms with Gasteiger partial charge in [0.05, 0.1) is 24.8 Å². The molecule has 10 nitrogen and oxygen atoms in total. The summed E-state index contributed by atoms with van der Waals surface area (Å²) >= 11 is 0. The van der Waals surface area contributed by atoms with Gasteiger partial charge in [-0.2, -0.15) is 0 Å². The molecule has 7 atom stereocenters. The highest BCUT2D eigenvalue weighted by molar-refractivity contribution is 6.03. The molecule has 1 unspecified atom stereocenters. The zero-order valence-corrected chi connectivity index (χ0v) is 35.8. The van der Waals surface area contributed by atoms with Gasteiger partial charge >= 0.3 is 0 Å². The molecule has 5 aliphatic rings. The van der Waals surface area contributed by atoms with Gasteiger partial charge in [0.25, 0.3) is 0 Å². The Morgan fingerprint density at radius 3 is 2.39 bits per heavy atom. The lowest BCUT2D eigenvalue weighted by Gasteiger charge is -2.60. The van der Waals surface area contributed by atoms with E-state index in [4.69, 9.17) is 28.9 Å². The SMILES string of the molecule is C=CCO[C@@]12Oc3ccc(Oc4ccc(-c5ccccc5)cc4)cc3[C@H]3[C@H](CCCCO)[C@@H](CCCCO)C=C(C(=NOC4CCCCO4)C[C@@H]1N(CCC)C(=O)C1CC1)[C@H]32. The van der Waals surface area contributed by atoms with E-state index in [2.05, 4.69) is 49.9 Å². The van der Waals surface area contributed by atoms with Crippen LogP contribution in [-0.2, 0) is 19.1 Å². The van der Waals surface area contributed by atoms with Crippen molar-refractivity contribution >= 4 is 11.6 Å². The predicted octanol–water partition coefficient (Wildman–Crippen LogP) is 9.95. The first-order valence-electron chi connectivity index (χ1n) is 23.0. The van der Waals surface area contributed by atoms with Gasteiger partial charge in [-0.25, -0.2) is 0 Å². The number of benzene rings is 3. The molecule has 2 saturated carbocycles. The van der Waals surface area contributed by atoms with Crippen molar-refractivity contribution in [2.24, 2.45) is 28.8 Å². The molecule has 3 aromatic carbocycles.